The first-order valence-corrected chi connectivity index (χ1v) is 8.52. The van der Waals surface area contributed by atoms with Crippen LogP contribution in [0, 0.1) is 5.92 Å². The van der Waals surface area contributed by atoms with E-state index in [1.54, 1.807) is 30.3 Å². The largest absolute Gasteiger partial charge is 0.489 e. The zero-order chi connectivity index (χ0) is 18.5. The van der Waals surface area contributed by atoms with Gasteiger partial charge in [-0.25, -0.2) is 4.39 Å². The molecule has 0 N–H and O–H groups in total. The lowest BCUT2D eigenvalue weighted by Crippen LogP contribution is -2.01. The van der Waals surface area contributed by atoms with Gasteiger partial charge in [-0.1, -0.05) is 67.5 Å². The van der Waals surface area contributed by atoms with Gasteiger partial charge in [0.05, 0.1) is 0 Å². The van der Waals surface area contributed by atoms with Crippen molar-refractivity contribution < 1.29 is 9.13 Å². The van der Waals surface area contributed by atoms with E-state index < -0.39 is 6.17 Å². The van der Waals surface area contributed by atoms with Gasteiger partial charge in [-0.3, -0.25) is 0 Å². The van der Waals surface area contributed by atoms with Crippen LogP contribution in [0.3, 0.4) is 0 Å². The zero-order valence-electron chi connectivity index (χ0n) is 14.8. The first-order valence-electron chi connectivity index (χ1n) is 8.52. The summed E-state index contributed by atoms with van der Waals surface area (Å²) in [6, 6.07) is 18.6. The lowest BCUT2D eigenvalue weighted by Gasteiger charge is -2.14. The van der Waals surface area contributed by atoms with Crippen LogP contribution >= 0.6 is 0 Å². The summed E-state index contributed by atoms with van der Waals surface area (Å²) in [5.41, 5.74) is 11.0. The van der Waals surface area contributed by atoms with Gasteiger partial charge in [-0.15, -0.1) is 0 Å². The molecule has 0 spiro atoms. The molecule has 5 heteroatoms. The summed E-state index contributed by atoms with van der Waals surface area (Å²) >= 11 is 0. The Kier molecular flexibility index (Phi) is 5.40. The molecule has 1 unspecified atom stereocenters. The molecule has 0 bridgehead atoms. The maximum absolute atomic E-state index is 14.1. The van der Waals surface area contributed by atoms with E-state index in [0.717, 1.165) is 16.3 Å². The van der Waals surface area contributed by atoms with Gasteiger partial charge in [0.2, 0.25) is 0 Å². The minimum Gasteiger partial charge on any atom is -0.489 e. The van der Waals surface area contributed by atoms with Gasteiger partial charge < -0.3 is 4.74 Å². The summed E-state index contributed by atoms with van der Waals surface area (Å²) in [6.45, 7) is 4.05. The van der Waals surface area contributed by atoms with Crippen LogP contribution in [0.25, 0.3) is 21.2 Å². The Morgan fingerprint density at radius 3 is 2.38 bits per heavy atom. The standard InChI is InChI=1S/C21H20FN3O/c1-14(2)21(22)16-9-11-18(12-10-16)26-13-17-7-3-5-15-6-4-8-19(20(15)17)24-25-23/h3-12,14,21H,13H2,1-2H3. The fraction of sp³-hybridized carbons (Fsp3) is 0.238. The first kappa shape index (κ1) is 17.8. The molecule has 0 heterocycles. The van der Waals surface area contributed by atoms with Crippen LogP contribution in [-0.4, -0.2) is 0 Å². The third kappa shape index (κ3) is 3.79. The summed E-state index contributed by atoms with van der Waals surface area (Å²) < 4.78 is 19.9. The monoisotopic (exact) mass is 349 g/mol. The van der Waals surface area contributed by atoms with E-state index in [4.69, 9.17) is 10.3 Å². The van der Waals surface area contributed by atoms with E-state index in [0.29, 0.717) is 23.6 Å². The normalized spacial score (nSPS) is 12.0. The third-order valence-electron chi connectivity index (χ3n) is 4.30. The van der Waals surface area contributed by atoms with Crippen LogP contribution in [0.5, 0.6) is 5.75 Å². The Morgan fingerprint density at radius 1 is 1.04 bits per heavy atom. The topological polar surface area (TPSA) is 58.0 Å². The minimum atomic E-state index is -0.978. The van der Waals surface area contributed by atoms with E-state index in [-0.39, 0.29) is 5.92 Å². The van der Waals surface area contributed by atoms with E-state index in [2.05, 4.69) is 10.0 Å². The van der Waals surface area contributed by atoms with Crippen molar-refractivity contribution in [2.24, 2.45) is 11.0 Å². The Balaban J connectivity index is 1.83. The molecule has 0 aliphatic rings. The van der Waals surface area contributed by atoms with Crippen LogP contribution in [0.4, 0.5) is 10.1 Å². The smallest absolute Gasteiger partial charge is 0.127 e. The molecular formula is C21H20FN3O. The highest BCUT2D eigenvalue weighted by Crippen LogP contribution is 2.31. The molecule has 0 radical (unpaired) electrons. The number of rotatable bonds is 6. The predicted octanol–water partition coefficient (Wildman–Crippen LogP) is 7.03. The Morgan fingerprint density at radius 2 is 1.73 bits per heavy atom. The Labute approximate surface area is 151 Å². The van der Waals surface area contributed by atoms with Crippen LogP contribution in [0.15, 0.2) is 65.8 Å². The highest BCUT2D eigenvalue weighted by molar-refractivity contribution is 5.95. The summed E-state index contributed by atoms with van der Waals surface area (Å²) in [7, 11) is 0. The lowest BCUT2D eigenvalue weighted by atomic mass is 10.0. The van der Waals surface area contributed by atoms with Crippen LogP contribution in [0.2, 0.25) is 0 Å². The fourth-order valence-electron chi connectivity index (χ4n) is 2.94. The molecule has 132 valence electrons. The molecular weight excluding hydrogens is 329 g/mol. The van der Waals surface area contributed by atoms with Crippen LogP contribution in [0.1, 0.15) is 31.1 Å². The molecule has 4 nitrogen and oxygen atoms in total. The molecule has 0 amide bonds. The minimum absolute atomic E-state index is 0.0587. The van der Waals surface area contributed by atoms with E-state index in [9.17, 15) is 4.39 Å². The number of nitrogens with zero attached hydrogens (tertiary/aromatic N) is 3. The zero-order valence-corrected chi connectivity index (χ0v) is 14.8. The van der Waals surface area contributed by atoms with Crippen molar-refractivity contribution in [2.45, 2.75) is 26.6 Å². The summed E-state index contributed by atoms with van der Waals surface area (Å²) in [5.74, 6) is 0.611. The summed E-state index contributed by atoms with van der Waals surface area (Å²) in [6.07, 6.45) is -0.978. The van der Waals surface area contributed by atoms with Crippen molar-refractivity contribution in [1.29, 1.82) is 0 Å². The van der Waals surface area contributed by atoms with Crippen molar-refractivity contribution in [2.75, 3.05) is 0 Å². The molecule has 3 rings (SSSR count). The second-order valence-electron chi connectivity index (χ2n) is 6.49. The average molecular weight is 349 g/mol. The number of halogens is 1. The van der Waals surface area contributed by atoms with Crippen LogP contribution in [-0.2, 0) is 6.61 Å². The van der Waals surface area contributed by atoms with E-state index in [1.165, 1.54) is 0 Å². The molecule has 3 aromatic carbocycles. The second-order valence-corrected chi connectivity index (χ2v) is 6.49. The number of fused-ring (bicyclic) bond motifs is 1. The van der Waals surface area contributed by atoms with Gasteiger partial charge in [0.1, 0.15) is 18.5 Å². The number of azide groups is 1. The average Bonchev–Trinajstić information content (AvgIpc) is 2.66. The molecule has 26 heavy (non-hydrogen) atoms. The quantitative estimate of drug-likeness (QED) is 0.268. The van der Waals surface area contributed by atoms with Crippen molar-refractivity contribution in [3.8, 4) is 5.75 Å². The lowest BCUT2D eigenvalue weighted by molar-refractivity contribution is 0.261. The maximum atomic E-state index is 14.1. The molecule has 0 fully saturated rings. The molecule has 0 saturated heterocycles. The Bertz CT molecular complexity index is 942. The van der Waals surface area contributed by atoms with Crippen molar-refractivity contribution >= 4 is 16.5 Å². The van der Waals surface area contributed by atoms with Crippen molar-refractivity contribution in [1.82, 2.24) is 0 Å². The number of hydrogen-bond acceptors (Lipinski definition) is 2. The molecule has 0 aromatic heterocycles. The number of ether oxygens (including phenoxy) is 1. The van der Waals surface area contributed by atoms with Gasteiger partial charge >= 0.3 is 0 Å². The fourth-order valence-corrected chi connectivity index (χ4v) is 2.94. The maximum Gasteiger partial charge on any atom is 0.127 e. The van der Waals surface area contributed by atoms with Gasteiger partial charge in [-0.2, -0.15) is 0 Å². The molecule has 0 aliphatic carbocycles. The van der Waals surface area contributed by atoms with E-state index >= 15 is 0 Å². The van der Waals surface area contributed by atoms with Gasteiger partial charge in [0.15, 0.2) is 0 Å². The van der Waals surface area contributed by atoms with Crippen molar-refractivity contribution in [3.63, 3.8) is 0 Å². The van der Waals surface area contributed by atoms with Crippen LogP contribution < -0.4 is 4.74 Å². The highest BCUT2D eigenvalue weighted by Gasteiger charge is 2.14. The SMILES string of the molecule is CC(C)C(F)c1ccc(OCc2cccc3cccc(N=[N+]=[N-])c23)cc1. The van der Waals surface area contributed by atoms with Gasteiger partial charge in [0, 0.05) is 10.6 Å². The number of benzene rings is 3. The molecule has 3 aromatic rings. The van der Waals surface area contributed by atoms with Gasteiger partial charge in [-0.05, 0) is 45.5 Å². The first-order chi connectivity index (χ1) is 12.6. The van der Waals surface area contributed by atoms with Gasteiger partial charge in [0.25, 0.3) is 0 Å². The predicted molar refractivity (Wildman–Crippen MR) is 102 cm³/mol. The summed E-state index contributed by atoms with van der Waals surface area (Å²) in [5, 5.41) is 5.65. The molecule has 0 saturated carbocycles. The molecule has 1 atom stereocenters. The van der Waals surface area contributed by atoms with E-state index in [1.807, 2.05) is 44.2 Å². The number of hydrogen-bond donors (Lipinski definition) is 0. The van der Waals surface area contributed by atoms with Crippen molar-refractivity contribution in [3.05, 3.63) is 82.2 Å². The Hall–Kier alpha value is -3.04. The second kappa shape index (κ2) is 7.89. The third-order valence-corrected chi connectivity index (χ3v) is 4.30. The number of alkyl halides is 1. The highest BCUT2D eigenvalue weighted by atomic mass is 19.1. The summed E-state index contributed by atoms with van der Waals surface area (Å²) in [4.78, 5) is 2.90. The molecule has 0 aliphatic heterocycles.